The number of aryl methyl sites for hydroxylation is 1. The van der Waals surface area contributed by atoms with E-state index < -0.39 is 8.32 Å². The zero-order chi connectivity index (χ0) is 29.6. The summed E-state index contributed by atoms with van der Waals surface area (Å²) in [5.74, 6) is 0.553. The number of aromatic nitrogens is 2. The van der Waals surface area contributed by atoms with Crippen molar-refractivity contribution in [2.45, 2.75) is 71.0 Å². The molecule has 216 valence electrons. The summed E-state index contributed by atoms with van der Waals surface area (Å²) in [5.41, 5.74) is 9.17. The summed E-state index contributed by atoms with van der Waals surface area (Å²) in [6, 6.07) is 13.0. The lowest BCUT2D eigenvalue weighted by molar-refractivity contribution is 0.220. The Morgan fingerprint density at radius 1 is 1.15 bits per heavy atom. The molecule has 0 unspecified atom stereocenters. The maximum absolute atomic E-state index is 10.1. The SMILES string of the molecule is Cc1cc2c(cc1Nc1nccc(-c3cc(C#N)c4c(c3)[C@@](C)(CO[Si](C)(C)C(C)(C)C)CN4)n1)CCN(C)CC2. The number of fused-ring (bicyclic) bond motifs is 2. The molecule has 0 saturated carbocycles. The Balaban J connectivity index is 1.44. The van der Waals surface area contributed by atoms with Gasteiger partial charge in [0.2, 0.25) is 5.95 Å². The van der Waals surface area contributed by atoms with E-state index in [2.05, 4.69) is 99.5 Å². The number of nitriles is 1. The van der Waals surface area contributed by atoms with Gasteiger partial charge in [-0.1, -0.05) is 33.8 Å². The largest absolute Gasteiger partial charge is 0.416 e. The van der Waals surface area contributed by atoms with Gasteiger partial charge >= 0.3 is 0 Å². The van der Waals surface area contributed by atoms with Crippen LogP contribution in [0.5, 0.6) is 0 Å². The van der Waals surface area contributed by atoms with E-state index in [1.807, 2.05) is 12.1 Å². The highest BCUT2D eigenvalue weighted by atomic mass is 28.4. The van der Waals surface area contributed by atoms with Crippen LogP contribution in [0.2, 0.25) is 18.1 Å². The maximum Gasteiger partial charge on any atom is 0.227 e. The van der Waals surface area contributed by atoms with Gasteiger partial charge in [0.1, 0.15) is 6.07 Å². The van der Waals surface area contributed by atoms with E-state index in [0.717, 1.165) is 60.7 Å². The molecule has 5 rings (SSSR count). The first-order valence-electron chi connectivity index (χ1n) is 14.7. The Hall–Kier alpha value is -3.25. The Bertz CT molecular complexity index is 1500. The van der Waals surface area contributed by atoms with Crippen molar-refractivity contribution in [1.82, 2.24) is 14.9 Å². The molecule has 2 aliphatic heterocycles. The second-order valence-electron chi connectivity index (χ2n) is 13.7. The van der Waals surface area contributed by atoms with Crippen LogP contribution in [0.3, 0.4) is 0 Å². The van der Waals surface area contributed by atoms with Crippen molar-refractivity contribution in [3.05, 3.63) is 64.3 Å². The fourth-order valence-electron chi connectivity index (χ4n) is 5.46. The molecule has 3 aromatic rings. The highest BCUT2D eigenvalue weighted by Gasteiger charge is 2.42. The number of anilines is 3. The summed E-state index contributed by atoms with van der Waals surface area (Å²) in [6.45, 7) is 19.2. The molecule has 0 amide bonds. The summed E-state index contributed by atoms with van der Waals surface area (Å²) in [5, 5.41) is 17.2. The van der Waals surface area contributed by atoms with Gasteiger partial charge in [0, 0.05) is 49.1 Å². The molecule has 2 aromatic carbocycles. The lowest BCUT2D eigenvalue weighted by atomic mass is 9.83. The molecule has 2 N–H and O–H groups in total. The number of hydrogen-bond acceptors (Lipinski definition) is 7. The first kappa shape index (κ1) is 29.2. The average molecular weight is 569 g/mol. The zero-order valence-electron chi connectivity index (χ0n) is 25.9. The van der Waals surface area contributed by atoms with Crippen LogP contribution in [0.1, 0.15) is 55.5 Å². The first-order chi connectivity index (χ1) is 19.3. The van der Waals surface area contributed by atoms with E-state index in [1.165, 1.54) is 16.7 Å². The van der Waals surface area contributed by atoms with Gasteiger partial charge in [-0.05, 0) is 91.5 Å². The van der Waals surface area contributed by atoms with Gasteiger partial charge < -0.3 is 20.0 Å². The Morgan fingerprint density at radius 3 is 2.54 bits per heavy atom. The van der Waals surface area contributed by atoms with Gasteiger partial charge in [0.05, 0.1) is 16.9 Å². The average Bonchev–Trinajstić information content (AvgIpc) is 3.16. The number of benzene rings is 2. The molecule has 0 saturated heterocycles. The maximum atomic E-state index is 10.1. The molecular weight excluding hydrogens is 524 g/mol. The monoisotopic (exact) mass is 568 g/mol. The van der Waals surface area contributed by atoms with Crippen LogP contribution in [-0.2, 0) is 22.7 Å². The molecule has 7 nitrogen and oxygen atoms in total. The van der Waals surface area contributed by atoms with Gasteiger partial charge in [0.15, 0.2) is 8.32 Å². The summed E-state index contributed by atoms with van der Waals surface area (Å²) in [7, 11) is 0.259. The molecule has 1 atom stereocenters. The normalized spacial score (nSPS) is 19.1. The lowest BCUT2D eigenvalue weighted by Gasteiger charge is -2.39. The van der Waals surface area contributed by atoms with E-state index in [-0.39, 0.29) is 10.5 Å². The second kappa shape index (κ2) is 10.9. The molecule has 0 aliphatic carbocycles. The molecule has 0 spiro atoms. The summed E-state index contributed by atoms with van der Waals surface area (Å²) in [4.78, 5) is 11.8. The predicted octanol–water partition coefficient (Wildman–Crippen LogP) is 6.80. The Morgan fingerprint density at radius 2 is 1.85 bits per heavy atom. The number of likely N-dealkylation sites (N-methyl/N-ethyl adjacent to an activating group) is 1. The van der Waals surface area contributed by atoms with Crippen molar-refractivity contribution in [1.29, 1.82) is 5.26 Å². The minimum Gasteiger partial charge on any atom is -0.416 e. The van der Waals surface area contributed by atoms with E-state index >= 15 is 0 Å². The predicted molar refractivity (Wildman–Crippen MR) is 171 cm³/mol. The van der Waals surface area contributed by atoms with Crippen LogP contribution in [0, 0.1) is 18.3 Å². The molecule has 8 heteroatoms. The van der Waals surface area contributed by atoms with Crippen molar-refractivity contribution in [2.24, 2.45) is 0 Å². The third-order valence-electron chi connectivity index (χ3n) is 9.39. The molecular formula is C33H44N6OSi. The van der Waals surface area contributed by atoms with Crippen LogP contribution < -0.4 is 10.6 Å². The quantitative estimate of drug-likeness (QED) is 0.316. The number of rotatable bonds is 6. The topological polar surface area (TPSA) is 86.1 Å². The van der Waals surface area contributed by atoms with Gasteiger partial charge in [-0.15, -0.1) is 0 Å². The van der Waals surface area contributed by atoms with Crippen LogP contribution >= 0.6 is 0 Å². The number of hydrogen-bond donors (Lipinski definition) is 2. The lowest BCUT2D eigenvalue weighted by Crippen LogP contribution is -2.45. The summed E-state index contributed by atoms with van der Waals surface area (Å²) >= 11 is 0. The van der Waals surface area contributed by atoms with Crippen molar-refractivity contribution < 1.29 is 4.43 Å². The van der Waals surface area contributed by atoms with Crippen molar-refractivity contribution in [3.63, 3.8) is 0 Å². The smallest absolute Gasteiger partial charge is 0.227 e. The third kappa shape index (κ3) is 5.90. The number of nitrogens with one attached hydrogen (secondary N) is 2. The summed E-state index contributed by atoms with van der Waals surface area (Å²) in [6.07, 6.45) is 3.91. The highest BCUT2D eigenvalue weighted by molar-refractivity contribution is 6.74. The molecule has 2 aliphatic rings. The molecule has 0 bridgehead atoms. The minimum atomic E-state index is -1.93. The fraction of sp³-hybridized carbons (Fsp3) is 0.485. The Kier molecular flexibility index (Phi) is 7.75. The fourth-order valence-corrected chi connectivity index (χ4v) is 6.57. The van der Waals surface area contributed by atoms with E-state index in [4.69, 9.17) is 9.41 Å². The summed E-state index contributed by atoms with van der Waals surface area (Å²) < 4.78 is 6.68. The number of nitrogens with zero attached hydrogens (tertiary/aromatic N) is 4. The zero-order valence-corrected chi connectivity index (χ0v) is 26.9. The van der Waals surface area contributed by atoms with Gasteiger partial charge in [-0.25, -0.2) is 9.97 Å². The van der Waals surface area contributed by atoms with E-state index in [1.54, 1.807) is 6.20 Å². The first-order valence-corrected chi connectivity index (χ1v) is 17.6. The van der Waals surface area contributed by atoms with Crippen molar-refractivity contribution in [3.8, 4) is 17.3 Å². The molecule has 0 fully saturated rings. The minimum absolute atomic E-state index is 0.133. The van der Waals surface area contributed by atoms with Crippen molar-refractivity contribution in [2.75, 3.05) is 43.9 Å². The highest BCUT2D eigenvalue weighted by Crippen LogP contribution is 2.44. The van der Waals surface area contributed by atoms with Crippen LogP contribution in [0.15, 0.2) is 36.5 Å². The van der Waals surface area contributed by atoms with Crippen molar-refractivity contribution >= 4 is 25.6 Å². The standard InChI is InChI=1S/C33H44N6OSi/c1-22-15-23-10-13-39(6)14-11-24(23)18-29(22)38-31-35-12-9-28(37-31)25-16-26(19-34)30-27(17-25)33(5,20-36-30)21-40-41(7,8)32(2,3)4/h9,12,15-18,36H,10-11,13-14,20-21H2,1-8H3,(H,35,37,38)/t33-/m1/s1. The van der Waals surface area contributed by atoms with E-state index in [9.17, 15) is 5.26 Å². The van der Waals surface area contributed by atoms with Gasteiger partial charge in [-0.3, -0.25) is 0 Å². The van der Waals surface area contributed by atoms with Crippen LogP contribution in [-0.4, -0.2) is 56.5 Å². The Labute approximate surface area is 246 Å². The van der Waals surface area contributed by atoms with Crippen LogP contribution in [0.25, 0.3) is 11.3 Å². The van der Waals surface area contributed by atoms with E-state index in [0.29, 0.717) is 18.1 Å². The third-order valence-corrected chi connectivity index (χ3v) is 13.9. The molecule has 0 radical (unpaired) electrons. The molecule has 41 heavy (non-hydrogen) atoms. The van der Waals surface area contributed by atoms with Crippen LogP contribution in [0.4, 0.5) is 17.3 Å². The molecule has 1 aromatic heterocycles. The van der Waals surface area contributed by atoms with Gasteiger partial charge in [0.25, 0.3) is 0 Å². The van der Waals surface area contributed by atoms with Gasteiger partial charge in [-0.2, -0.15) is 5.26 Å². The molecule has 3 heterocycles. The second-order valence-corrected chi connectivity index (χ2v) is 18.5.